The molecule has 34 heavy (non-hydrogen) atoms. The molecule has 4 heterocycles. The molecule has 0 saturated heterocycles. The van der Waals surface area contributed by atoms with Crippen molar-refractivity contribution in [1.29, 1.82) is 0 Å². The summed E-state index contributed by atoms with van der Waals surface area (Å²) in [5.41, 5.74) is 8.78. The molecule has 10 heteroatoms. The molecule has 5 rings (SSSR count). The Labute approximate surface area is 192 Å². The van der Waals surface area contributed by atoms with E-state index in [-0.39, 0.29) is 35.1 Å². The van der Waals surface area contributed by atoms with Gasteiger partial charge >= 0.3 is 0 Å². The van der Waals surface area contributed by atoms with Gasteiger partial charge in [-0.1, -0.05) is 0 Å². The van der Waals surface area contributed by atoms with Gasteiger partial charge in [0, 0.05) is 24.5 Å². The van der Waals surface area contributed by atoms with Crippen LogP contribution in [-0.2, 0) is 13.5 Å². The highest BCUT2D eigenvalue weighted by Crippen LogP contribution is 2.33. The summed E-state index contributed by atoms with van der Waals surface area (Å²) >= 11 is 0. The summed E-state index contributed by atoms with van der Waals surface area (Å²) in [6, 6.07) is 12.0. The van der Waals surface area contributed by atoms with Crippen molar-refractivity contribution < 1.29 is 8.78 Å². The van der Waals surface area contributed by atoms with Gasteiger partial charge in [0.05, 0.1) is 28.9 Å². The third kappa shape index (κ3) is 3.58. The molecule has 0 aliphatic carbocycles. The van der Waals surface area contributed by atoms with Crippen LogP contribution in [0.5, 0.6) is 0 Å². The van der Waals surface area contributed by atoms with Crippen LogP contribution in [0.2, 0.25) is 0 Å². The lowest BCUT2D eigenvalue weighted by Crippen LogP contribution is -2.21. The number of hydrogen-bond acceptors (Lipinski definition) is 6. The Morgan fingerprint density at radius 2 is 1.79 bits per heavy atom. The molecule has 4 aromatic heterocycles. The van der Waals surface area contributed by atoms with Crippen LogP contribution >= 0.6 is 0 Å². The Hall–Kier alpha value is -4.47. The van der Waals surface area contributed by atoms with E-state index in [1.54, 1.807) is 31.3 Å². The monoisotopic (exact) mass is 459 g/mol. The van der Waals surface area contributed by atoms with E-state index in [1.807, 2.05) is 6.92 Å². The van der Waals surface area contributed by atoms with Gasteiger partial charge in [-0.2, -0.15) is 4.52 Å². The second-order valence-corrected chi connectivity index (χ2v) is 7.83. The number of nitrogens with two attached hydrogens (primary N) is 1. The van der Waals surface area contributed by atoms with E-state index in [9.17, 15) is 13.6 Å². The molecular formula is C24H19F2N7O. The van der Waals surface area contributed by atoms with Gasteiger partial charge < -0.3 is 10.3 Å². The lowest BCUT2D eigenvalue weighted by Gasteiger charge is -2.13. The van der Waals surface area contributed by atoms with E-state index in [0.29, 0.717) is 22.4 Å². The average Bonchev–Trinajstić information content (AvgIpc) is 3.25. The second-order valence-electron chi connectivity index (χ2n) is 7.83. The van der Waals surface area contributed by atoms with Crippen LogP contribution in [0, 0.1) is 18.6 Å². The fraction of sp³-hybridized carbons (Fsp3) is 0.125. The van der Waals surface area contributed by atoms with Gasteiger partial charge in [0.2, 0.25) is 5.95 Å². The molecule has 0 aliphatic rings. The first-order chi connectivity index (χ1) is 16.3. The summed E-state index contributed by atoms with van der Waals surface area (Å²) < 4.78 is 30.6. The van der Waals surface area contributed by atoms with E-state index < -0.39 is 11.6 Å². The molecule has 0 atom stereocenters. The van der Waals surface area contributed by atoms with Crippen molar-refractivity contribution >= 4 is 11.6 Å². The normalized spacial score (nSPS) is 11.3. The Balaban J connectivity index is 1.80. The summed E-state index contributed by atoms with van der Waals surface area (Å²) in [5, 5.41) is 4.40. The molecule has 0 fully saturated rings. The molecule has 2 N–H and O–H groups in total. The molecule has 8 nitrogen and oxygen atoms in total. The van der Waals surface area contributed by atoms with E-state index in [1.165, 1.54) is 39.5 Å². The van der Waals surface area contributed by atoms with Gasteiger partial charge in [-0.3, -0.25) is 9.78 Å². The minimum atomic E-state index is -0.480. The number of benzene rings is 1. The quantitative estimate of drug-likeness (QED) is 0.442. The summed E-state index contributed by atoms with van der Waals surface area (Å²) in [7, 11) is 1.67. The maximum atomic E-state index is 14.2. The topological polar surface area (TPSA) is 104 Å². The highest BCUT2D eigenvalue weighted by atomic mass is 19.1. The fourth-order valence-electron chi connectivity index (χ4n) is 3.76. The van der Waals surface area contributed by atoms with Crippen LogP contribution < -0.4 is 11.3 Å². The summed E-state index contributed by atoms with van der Waals surface area (Å²) in [4.78, 5) is 26.4. The highest BCUT2D eigenvalue weighted by molar-refractivity contribution is 5.90. The molecule has 0 saturated carbocycles. The molecular weight excluding hydrogens is 440 g/mol. The Morgan fingerprint density at radius 1 is 1.03 bits per heavy atom. The van der Waals surface area contributed by atoms with E-state index in [4.69, 9.17) is 5.73 Å². The van der Waals surface area contributed by atoms with Gasteiger partial charge in [-0.25, -0.2) is 18.7 Å². The minimum Gasteiger partial charge on any atom is -0.368 e. The van der Waals surface area contributed by atoms with Gasteiger partial charge in [-0.05, 0) is 55.5 Å². The number of anilines is 1. The van der Waals surface area contributed by atoms with E-state index in [2.05, 4.69) is 20.1 Å². The Bertz CT molecular complexity index is 1610. The Morgan fingerprint density at radius 3 is 2.53 bits per heavy atom. The zero-order chi connectivity index (χ0) is 24.0. The Kier molecular flexibility index (Phi) is 5.12. The average molecular weight is 459 g/mol. The number of hydrogen-bond donors (Lipinski definition) is 1. The molecule has 1 aromatic carbocycles. The number of nitrogen functional groups attached to an aromatic ring is 1. The van der Waals surface area contributed by atoms with Crippen molar-refractivity contribution in [3.63, 3.8) is 0 Å². The summed E-state index contributed by atoms with van der Waals surface area (Å²) in [6.45, 7) is 1.82. The van der Waals surface area contributed by atoms with Crippen molar-refractivity contribution in [3.05, 3.63) is 93.9 Å². The molecule has 0 radical (unpaired) electrons. The molecule has 0 unspecified atom stereocenters. The SMILES string of the molecule is Cc1ccc(-c2c(-c3ccc(F)cc3)nc(N)n3nc(Cc4ncccc4F)nc23)c(=O)n1C. The molecule has 0 bridgehead atoms. The second kappa shape index (κ2) is 8.14. The van der Waals surface area contributed by atoms with Crippen LogP contribution in [0.15, 0.2) is 59.5 Å². The lowest BCUT2D eigenvalue weighted by atomic mass is 10.0. The first-order valence-corrected chi connectivity index (χ1v) is 10.4. The molecule has 0 aliphatic heterocycles. The molecule has 0 amide bonds. The predicted molar refractivity (Wildman–Crippen MR) is 123 cm³/mol. The van der Waals surface area contributed by atoms with Crippen LogP contribution in [0.25, 0.3) is 28.0 Å². The number of rotatable bonds is 4. The summed E-state index contributed by atoms with van der Waals surface area (Å²) in [6.07, 6.45) is 1.50. The van der Waals surface area contributed by atoms with Crippen molar-refractivity contribution in [2.24, 2.45) is 7.05 Å². The zero-order valence-corrected chi connectivity index (χ0v) is 18.3. The van der Waals surface area contributed by atoms with Crippen LogP contribution in [-0.4, -0.2) is 29.1 Å². The van der Waals surface area contributed by atoms with E-state index in [0.717, 1.165) is 5.69 Å². The maximum absolute atomic E-state index is 14.2. The van der Waals surface area contributed by atoms with Gasteiger partial charge in [0.25, 0.3) is 5.56 Å². The standard InChI is InChI=1S/C24H19F2N7O/c1-13-5-10-16(23(34)32(13)2)20-21(14-6-8-15(25)9-7-14)30-24(27)33-22(20)29-19(31-33)12-18-17(26)4-3-11-28-18/h3-11H,12H2,1-2H3,(H2,27,30). The number of nitrogens with zero attached hydrogens (tertiary/aromatic N) is 6. The van der Waals surface area contributed by atoms with Crippen LogP contribution in [0.4, 0.5) is 14.7 Å². The number of fused-ring (bicyclic) bond motifs is 1. The van der Waals surface area contributed by atoms with Crippen LogP contribution in [0.1, 0.15) is 17.2 Å². The van der Waals surface area contributed by atoms with Crippen molar-refractivity contribution in [3.8, 4) is 22.4 Å². The zero-order valence-electron chi connectivity index (χ0n) is 18.3. The van der Waals surface area contributed by atoms with Gasteiger partial charge in [0.1, 0.15) is 11.6 Å². The molecule has 5 aromatic rings. The first-order valence-electron chi connectivity index (χ1n) is 10.4. The van der Waals surface area contributed by atoms with Crippen LogP contribution in [0.3, 0.4) is 0 Å². The molecule has 0 spiro atoms. The number of halogens is 2. The largest absolute Gasteiger partial charge is 0.368 e. The van der Waals surface area contributed by atoms with Crippen molar-refractivity contribution in [2.75, 3.05) is 5.73 Å². The fourth-order valence-corrected chi connectivity index (χ4v) is 3.76. The highest BCUT2D eigenvalue weighted by Gasteiger charge is 2.23. The lowest BCUT2D eigenvalue weighted by molar-refractivity contribution is 0.601. The third-order valence-corrected chi connectivity index (χ3v) is 5.66. The first kappa shape index (κ1) is 21.4. The van der Waals surface area contributed by atoms with Gasteiger partial charge in [-0.15, -0.1) is 5.10 Å². The van der Waals surface area contributed by atoms with E-state index >= 15 is 0 Å². The summed E-state index contributed by atoms with van der Waals surface area (Å²) in [5.74, 6) is -0.616. The third-order valence-electron chi connectivity index (χ3n) is 5.66. The number of aryl methyl sites for hydroxylation is 1. The number of aromatic nitrogens is 6. The maximum Gasteiger partial charge on any atom is 0.258 e. The number of pyridine rings is 2. The minimum absolute atomic E-state index is 0.0160. The molecule has 170 valence electrons. The predicted octanol–water partition coefficient (Wildman–Crippen LogP) is 3.31. The van der Waals surface area contributed by atoms with Crippen molar-refractivity contribution in [2.45, 2.75) is 13.3 Å². The smallest absolute Gasteiger partial charge is 0.258 e. The van der Waals surface area contributed by atoms with Gasteiger partial charge in [0.15, 0.2) is 11.5 Å². The van der Waals surface area contributed by atoms with Crippen molar-refractivity contribution in [1.82, 2.24) is 29.1 Å².